The van der Waals surface area contributed by atoms with Gasteiger partial charge < -0.3 is 20.1 Å². The second-order valence-corrected chi connectivity index (χ2v) is 7.84. The Kier molecular flexibility index (Phi) is 6.56. The van der Waals surface area contributed by atoms with Crippen LogP contribution in [0.2, 0.25) is 0 Å². The Morgan fingerprint density at radius 2 is 1.90 bits per heavy atom. The molecule has 1 fully saturated rings. The number of anilines is 1. The largest absolute Gasteiger partial charge is 0.470 e. The van der Waals surface area contributed by atoms with E-state index < -0.39 is 17.9 Å². The van der Waals surface area contributed by atoms with Crippen molar-refractivity contribution in [1.29, 1.82) is 0 Å². The average molecular weight is 400 g/mol. The molecule has 4 atom stereocenters. The van der Waals surface area contributed by atoms with Crippen LogP contribution in [0, 0.1) is 11.8 Å². The molecule has 7 nitrogen and oxygen atoms in total. The third-order valence-corrected chi connectivity index (χ3v) is 5.78. The minimum Gasteiger partial charge on any atom is -0.470 e. The molecule has 1 heterocycles. The van der Waals surface area contributed by atoms with Crippen molar-refractivity contribution in [2.24, 2.45) is 11.8 Å². The summed E-state index contributed by atoms with van der Waals surface area (Å²) >= 11 is 0. The van der Waals surface area contributed by atoms with Crippen molar-refractivity contribution < 1.29 is 23.9 Å². The zero-order valence-electron chi connectivity index (χ0n) is 17.1. The number of ether oxygens (including phenoxy) is 2. The second kappa shape index (κ2) is 9.11. The van der Waals surface area contributed by atoms with E-state index >= 15 is 0 Å². The SMILES string of the molecule is C[C@H]1[C@@H](NC(=O)[C@@H](C)OC(=O)C2=C(Nc3ccccc3)OCC2=O)CCC[C@@H]1C. The summed E-state index contributed by atoms with van der Waals surface area (Å²) in [5.74, 6) is -0.737. The average Bonchev–Trinajstić information content (AvgIpc) is 3.06. The third kappa shape index (κ3) is 4.96. The van der Waals surface area contributed by atoms with Crippen LogP contribution in [0.4, 0.5) is 5.69 Å². The predicted octanol–water partition coefficient (Wildman–Crippen LogP) is 2.78. The molecule has 0 spiro atoms. The summed E-state index contributed by atoms with van der Waals surface area (Å²) in [6.45, 7) is 5.59. The first kappa shape index (κ1) is 20.9. The number of benzene rings is 1. The summed E-state index contributed by atoms with van der Waals surface area (Å²) in [6, 6.07) is 9.12. The maximum Gasteiger partial charge on any atom is 0.348 e. The quantitative estimate of drug-likeness (QED) is 0.563. The van der Waals surface area contributed by atoms with Crippen molar-refractivity contribution in [2.45, 2.75) is 52.2 Å². The highest BCUT2D eigenvalue weighted by Gasteiger charge is 2.35. The van der Waals surface area contributed by atoms with Crippen LogP contribution in [0.15, 0.2) is 41.8 Å². The van der Waals surface area contributed by atoms with E-state index in [0.29, 0.717) is 17.5 Å². The van der Waals surface area contributed by atoms with Crippen molar-refractivity contribution in [3.63, 3.8) is 0 Å². The molecule has 1 aromatic rings. The molecular formula is C22H28N2O5. The molecule has 0 saturated heterocycles. The molecule has 1 aliphatic heterocycles. The number of carbonyl (C=O) groups is 3. The highest BCUT2D eigenvalue weighted by Crippen LogP contribution is 2.29. The lowest BCUT2D eigenvalue weighted by Crippen LogP contribution is -2.47. The van der Waals surface area contributed by atoms with E-state index in [1.165, 1.54) is 6.92 Å². The minimum absolute atomic E-state index is 0.0496. The van der Waals surface area contributed by atoms with Crippen LogP contribution in [0.3, 0.4) is 0 Å². The van der Waals surface area contributed by atoms with Gasteiger partial charge in [-0.25, -0.2) is 4.79 Å². The summed E-state index contributed by atoms with van der Waals surface area (Å²) in [5.41, 5.74) is 0.474. The van der Waals surface area contributed by atoms with E-state index in [9.17, 15) is 14.4 Å². The summed E-state index contributed by atoms with van der Waals surface area (Å²) < 4.78 is 10.6. The van der Waals surface area contributed by atoms with Gasteiger partial charge in [0, 0.05) is 11.7 Å². The minimum atomic E-state index is -1.01. The van der Waals surface area contributed by atoms with Gasteiger partial charge in [0.25, 0.3) is 5.91 Å². The maximum atomic E-state index is 12.6. The number of hydrogen-bond acceptors (Lipinski definition) is 6. The van der Waals surface area contributed by atoms with Crippen molar-refractivity contribution in [2.75, 3.05) is 11.9 Å². The maximum absolute atomic E-state index is 12.6. The summed E-state index contributed by atoms with van der Waals surface area (Å²) in [6.07, 6.45) is 2.13. The fraction of sp³-hybridized carbons (Fsp3) is 0.500. The molecule has 3 rings (SSSR count). The van der Waals surface area contributed by atoms with E-state index in [0.717, 1.165) is 19.3 Å². The van der Waals surface area contributed by atoms with Gasteiger partial charge in [0.2, 0.25) is 11.7 Å². The number of Topliss-reactive ketones (excluding diaryl/α,β-unsaturated/α-hetero) is 1. The zero-order chi connectivity index (χ0) is 21.0. The fourth-order valence-electron chi connectivity index (χ4n) is 3.73. The van der Waals surface area contributed by atoms with E-state index in [4.69, 9.17) is 9.47 Å². The number of ketones is 1. The topological polar surface area (TPSA) is 93.7 Å². The predicted molar refractivity (Wildman–Crippen MR) is 108 cm³/mol. The lowest BCUT2D eigenvalue weighted by atomic mass is 9.78. The summed E-state index contributed by atoms with van der Waals surface area (Å²) in [7, 11) is 0. The highest BCUT2D eigenvalue weighted by molar-refractivity contribution is 6.20. The number of amides is 1. The Morgan fingerprint density at radius 1 is 1.17 bits per heavy atom. The van der Waals surface area contributed by atoms with E-state index in [2.05, 4.69) is 24.5 Å². The lowest BCUT2D eigenvalue weighted by molar-refractivity contribution is -0.152. The smallest absolute Gasteiger partial charge is 0.348 e. The van der Waals surface area contributed by atoms with Gasteiger partial charge in [-0.05, 0) is 37.3 Å². The van der Waals surface area contributed by atoms with Gasteiger partial charge in [0.1, 0.15) is 0 Å². The summed E-state index contributed by atoms with van der Waals surface area (Å²) in [4.78, 5) is 37.3. The first-order valence-electron chi connectivity index (χ1n) is 10.1. The molecule has 1 aliphatic carbocycles. The van der Waals surface area contributed by atoms with Gasteiger partial charge in [-0.3, -0.25) is 9.59 Å². The van der Waals surface area contributed by atoms with Crippen molar-refractivity contribution in [3.8, 4) is 0 Å². The van der Waals surface area contributed by atoms with E-state index in [1.807, 2.05) is 18.2 Å². The molecule has 0 bridgehead atoms. The molecule has 1 aromatic carbocycles. The molecule has 7 heteroatoms. The van der Waals surface area contributed by atoms with Gasteiger partial charge in [0.15, 0.2) is 18.3 Å². The second-order valence-electron chi connectivity index (χ2n) is 7.84. The van der Waals surface area contributed by atoms with Crippen LogP contribution in [-0.4, -0.2) is 36.4 Å². The van der Waals surface area contributed by atoms with Crippen LogP contribution in [0.1, 0.15) is 40.0 Å². The number of esters is 1. The van der Waals surface area contributed by atoms with Crippen LogP contribution < -0.4 is 10.6 Å². The standard InChI is InChI=1S/C22H28N2O5/c1-13-8-7-11-17(14(13)2)24-20(26)15(3)29-22(27)19-18(25)12-28-21(19)23-16-9-5-4-6-10-16/h4-6,9-10,13-15,17,23H,7-8,11-12H2,1-3H3,(H,24,26)/t13-,14+,15+,17-/m0/s1. The monoisotopic (exact) mass is 400 g/mol. The Balaban J connectivity index is 1.63. The number of carbonyl (C=O) groups excluding carboxylic acids is 3. The normalized spacial score (nSPS) is 25.2. The first-order valence-corrected chi connectivity index (χ1v) is 10.1. The molecule has 2 aliphatic rings. The van der Waals surface area contributed by atoms with Crippen molar-refractivity contribution in [1.82, 2.24) is 5.32 Å². The zero-order valence-corrected chi connectivity index (χ0v) is 17.1. The van der Waals surface area contributed by atoms with Gasteiger partial charge in [-0.15, -0.1) is 0 Å². The Labute approximate surface area is 170 Å². The lowest BCUT2D eigenvalue weighted by Gasteiger charge is -2.35. The Morgan fingerprint density at radius 3 is 2.62 bits per heavy atom. The first-order chi connectivity index (χ1) is 13.9. The molecule has 0 unspecified atom stereocenters. The molecular weight excluding hydrogens is 372 g/mol. The van der Waals surface area contributed by atoms with Gasteiger partial charge in [-0.1, -0.05) is 44.9 Å². The number of hydrogen-bond donors (Lipinski definition) is 2. The van der Waals surface area contributed by atoms with Crippen LogP contribution in [0.25, 0.3) is 0 Å². The third-order valence-electron chi connectivity index (χ3n) is 5.78. The van der Waals surface area contributed by atoms with Gasteiger partial charge in [-0.2, -0.15) is 0 Å². The Bertz CT molecular complexity index is 805. The molecule has 29 heavy (non-hydrogen) atoms. The van der Waals surface area contributed by atoms with Crippen molar-refractivity contribution >= 4 is 23.3 Å². The van der Waals surface area contributed by atoms with Crippen LogP contribution in [0.5, 0.6) is 0 Å². The molecule has 1 saturated carbocycles. The molecule has 0 radical (unpaired) electrons. The molecule has 2 N–H and O–H groups in total. The molecule has 156 valence electrons. The number of rotatable bonds is 6. The fourth-order valence-corrected chi connectivity index (χ4v) is 3.73. The number of para-hydroxylation sites is 1. The van der Waals surface area contributed by atoms with E-state index in [1.54, 1.807) is 12.1 Å². The highest BCUT2D eigenvalue weighted by atomic mass is 16.6. The van der Waals surface area contributed by atoms with Gasteiger partial charge in [0.05, 0.1) is 0 Å². The molecule has 1 amide bonds. The van der Waals surface area contributed by atoms with Crippen molar-refractivity contribution in [3.05, 3.63) is 41.8 Å². The van der Waals surface area contributed by atoms with Crippen LogP contribution in [-0.2, 0) is 23.9 Å². The van der Waals surface area contributed by atoms with E-state index in [-0.39, 0.29) is 30.0 Å². The number of nitrogens with one attached hydrogen (secondary N) is 2. The Hall–Kier alpha value is -2.83. The van der Waals surface area contributed by atoms with Crippen LogP contribution >= 0.6 is 0 Å². The molecule has 0 aromatic heterocycles. The summed E-state index contributed by atoms with van der Waals surface area (Å²) in [5, 5.41) is 5.91. The van der Waals surface area contributed by atoms with Gasteiger partial charge >= 0.3 is 5.97 Å².